The number of carbonyl (C=O) groups excluding carboxylic acids is 1. The van der Waals surface area contributed by atoms with Crippen LogP contribution in [0.4, 0.5) is 10.1 Å². The van der Waals surface area contributed by atoms with Gasteiger partial charge in [0.2, 0.25) is 5.91 Å². The summed E-state index contributed by atoms with van der Waals surface area (Å²) in [6, 6.07) is 6.07. The van der Waals surface area contributed by atoms with Crippen LogP contribution in [-0.4, -0.2) is 30.2 Å². The van der Waals surface area contributed by atoms with Crippen molar-refractivity contribution in [2.45, 2.75) is 18.9 Å². The van der Waals surface area contributed by atoms with E-state index < -0.39 is 5.82 Å². The molecule has 0 heterocycles. The summed E-state index contributed by atoms with van der Waals surface area (Å²) >= 11 is 0. The quantitative estimate of drug-likeness (QED) is 0.736. The van der Waals surface area contributed by atoms with Gasteiger partial charge in [0, 0.05) is 0 Å². The third kappa shape index (κ3) is 3.51. The molecule has 18 heavy (non-hydrogen) atoms. The van der Waals surface area contributed by atoms with Gasteiger partial charge in [0.1, 0.15) is 5.82 Å². The Bertz CT molecular complexity index is 419. The summed E-state index contributed by atoms with van der Waals surface area (Å²) < 4.78 is 13.2. The molecular weight excluding hydrogens is 235 g/mol. The lowest BCUT2D eigenvalue weighted by molar-refractivity contribution is -0.115. The minimum Gasteiger partial charge on any atom is -0.393 e. The number of para-hydroxylation sites is 1. The second-order valence-corrected chi connectivity index (χ2v) is 4.65. The zero-order valence-electron chi connectivity index (χ0n) is 10.0. The molecule has 0 aromatic heterocycles. The van der Waals surface area contributed by atoms with Crippen LogP contribution in [0.3, 0.4) is 0 Å². The predicted octanol–water partition coefficient (Wildman–Crippen LogP) is 1.12. The first-order valence-electron chi connectivity index (χ1n) is 6.08. The highest BCUT2D eigenvalue weighted by atomic mass is 19.1. The molecule has 1 aliphatic rings. The van der Waals surface area contributed by atoms with Crippen molar-refractivity contribution in [2.75, 3.05) is 18.4 Å². The van der Waals surface area contributed by atoms with Crippen LogP contribution in [0.1, 0.15) is 12.8 Å². The van der Waals surface area contributed by atoms with E-state index in [1.54, 1.807) is 12.1 Å². The third-order valence-corrected chi connectivity index (χ3v) is 3.08. The fourth-order valence-corrected chi connectivity index (χ4v) is 2.01. The summed E-state index contributed by atoms with van der Waals surface area (Å²) in [5, 5.41) is 14.6. The van der Waals surface area contributed by atoms with Crippen molar-refractivity contribution in [3.05, 3.63) is 30.1 Å². The van der Waals surface area contributed by atoms with E-state index in [9.17, 15) is 9.18 Å². The van der Waals surface area contributed by atoms with Gasteiger partial charge in [0.05, 0.1) is 18.3 Å². The number of hydrogen-bond donors (Lipinski definition) is 3. The van der Waals surface area contributed by atoms with E-state index in [1.807, 2.05) is 0 Å². The zero-order chi connectivity index (χ0) is 13.0. The minimum absolute atomic E-state index is 0.154. The Morgan fingerprint density at radius 1 is 1.39 bits per heavy atom. The van der Waals surface area contributed by atoms with Gasteiger partial charge in [-0.25, -0.2) is 4.39 Å². The van der Waals surface area contributed by atoms with Gasteiger partial charge in [0.25, 0.3) is 0 Å². The molecule has 1 aromatic rings. The van der Waals surface area contributed by atoms with Crippen LogP contribution in [0.25, 0.3) is 0 Å². The Kier molecular flexibility index (Phi) is 4.28. The highest BCUT2D eigenvalue weighted by molar-refractivity contribution is 5.92. The first kappa shape index (κ1) is 13.0. The minimum atomic E-state index is -0.437. The molecule has 0 unspecified atom stereocenters. The summed E-state index contributed by atoms with van der Waals surface area (Å²) in [5.74, 6) is -0.255. The van der Waals surface area contributed by atoms with Gasteiger partial charge in [0.15, 0.2) is 0 Å². The summed E-state index contributed by atoms with van der Waals surface area (Å²) in [5.41, 5.74) is 0.198. The molecule has 98 valence electrons. The van der Waals surface area contributed by atoms with Crippen LogP contribution < -0.4 is 10.6 Å². The Balaban J connectivity index is 1.68. The molecule has 1 saturated carbocycles. The van der Waals surface area contributed by atoms with Gasteiger partial charge < -0.3 is 15.7 Å². The van der Waals surface area contributed by atoms with Crippen LogP contribution in [0.2, 0.25) is 0 Å². The molecule has 1 amide bonds. The van der Waals surface area contributed by atoms with E-state index in [0.717, 1.165) is 12.8 Å². The molecule has 4 nitrogen and oxygen atoms in total. The van der Waals surface area contributed by atoms with Crippen LogP contribution in [0.15, 0.2) is 24.3 Å². The molecule has 5 heteroatoms. The van der Waals surface area contributed by atoms with Gasteiger partial charge >= 0.3 is 0 Å². The van der Waals surface area contributed by atoms with Gasteiger partial charge in [-0.05, 0) is 37.4 Å². The maximum absolute atomic E-state index is 13.2. The third-order valence-electron chi connectivity index (χ3n) is 3.08. The van der Waals surface area contributed by atoms with E-state index in [2.05, 4.69) is 10.6 Å². The fraction of sp³-hybridized carbons (Fsp3) is 0.462. The molecule has 1 aliphatic carbocycles. The number of benzene rings is 1. The molecule has 0 saturated heterocycles. The smallest absolute Gasteiger partial charge is 0.238 e. The molecule has 0 radical (unpaired) electrons. The summed E-state index contributed by atoms with van der Waals surface area (Å²) in [6.07, 6.45) is 1.41. The molecule has 0 atom stereocenters. The average Bonchev–Trinajstić information content (AvgIpc) is 2.30. The van der Waals surface area contributed by atoms with Crippen LogP contribution >= 0.6 is 0 Å². The normalized spacial score (nSPS) is 22.3. The number of aliphatic hydroxyl groups excluding tert-OH is 1. The van der Waals surface area contributed by atoms with E-state index in [4.69, 9.17) is 5.11 Å². The molecule has 0 spiro atoms. The van der Waals surface area contributed by atoms with E-state index in [-0.39, 0.29) is 24.2 Å². The Morgan fingerprint density at radius 2 is 2.11 bits per heavy atom. The highest BCUT2D eigenvalue weighted by Gasteiger charge is 2.26. The number of anilines is 1. The van der Waals surface area contributed by atoms with E-state index in [1.165, 1.54) is 12.1 Å². The lowest BCUT2D eigenvalue weighted by atomic mass is 9.82. The first-order chi connectivity index (χ1) is 8.65. The van der Waals surface area contributed by atoms with Gasteiger partial charge in [-0.3, -0.25) is 4.79 Å². The number of amides is 1. The SMILES string of the molecule is O=C(CNCC1CC(O)C1)Nc1ccccc1F. The van der Waals surface area contributed by atoms with Crippen molar-refractivity contribution in [3.63, 3.8) is 0 Å². The van der Waals surface area contributed by atoms with Crippen molar-refractivity contribution in [1.29, 1.82) is 0 Å². The molecular formula is C13H17FN2O2. The molecule has 0 bridgehead atoms. The second kappa shape index (κ2) is 5.93. The number of aliphatic hydroxyl groups is 1. The maximum atomic E-state index is 13.2. The fourth-order valence-electron chi connectivity index (χ4n) is 2.01. The van der Waals surface area contributed by atoms with Crippen molar-refractivity contribution in [1.82, 2.24) is 5.32 Å². The predicted molar refractivity (Wildman–Crippen MR) is 66.6 cm³/mol. The monoisotopic (exact) mass is 252 g/mol. The van der Waals surface area contributed by atoms with Crippen LogP contribution in [0.5, 0.6) is 0 Å². The summed E-state index contributed by atoms with van der Waals surface area (Å²) in [7, 11) is 0. The largest absolute Gasteiger partial charge is 0.393 e. The molecule has 0 aliphatic heterocycles. The lowest BCUT2D eigenvalue weighted by Crippen LogP contribution is -2.38. The molecule has 2 rings (SSSR count). The van der Waals surface area contributed by atoms with Crippen molar-refractivity contribution >= 4 is 11.6 Å². The Hall–Kier alpha value is -1.46. The first-order valence-corrected chi connectivity index (χ1v) is 6.08. The van der Waals surface area contributed by atoms with Crippen molar-refractivity contribution in [3.8, 4) is 0 Å². The molecule has 3 N–H and O–H groups in total. The Morgan fingerprint density at radius 3 is 2.78 bits per heavy atom. The molecule has 1 fully saturated rings. The number of rotatable bonds is 5. The number of nitrogens with one attached hydrogen (secondary N) is 2. The average molecular weight is 252 g/mol. The van der Waals surface area contributed by atoms with Gasteiger partial charge in [-0.1, -0.05) is 12.1 Å². The summed E-state index contributed by atoms with van der Waals surface area (Å²) in [6.45, 7) is 0.864. The maximum Gasteiger partial charge on any atom is 0.238 e. The van der Waals surface area contributed by atoms with E-state index in [0.29, 0.717) is 12.5 Å². The number of hydrogen-bond acceptors (Lipinski definition) is 3. The second-order valence-electron chi connectivity index (χ2n) is 4.65. The lowest BCUT2D eigenvalue weighted by Gasteiger charge is -2.31. The van der Waals surface area contributed by atoms with Crippen molar-refractivity contribution in [2.24, 2.45) is 5.92 Å². The van der Waals surface area contributed by atoms with E-state index >= 15 is 0 Å². The standard InChI is InChI=1S/C13H17FN2O2/c14-11-3-1-2-4-12(11)16-13(18)8-15-7-9-5-10(17)6-9/h1-4,9-10,15,17H,5-8H2,(H,16,18). The summed E-state index contributed by atoms with van der Waals surface area (Å²) in [4.78, 5) is 11.5. The van der Waals surface area contributed by atoms with Crippen molar-refractivity contribution < 1.29 is 14.3 Å². The topological polar surface area (TPSA) is 61.4 Å². The number of carbonyl (C=O) groups is 1. The number of halogens is 1. The Labute approximate surface area is 105 Å². The van der Waals surface area contributed by atoms with Gasteiger partial charge in [-0.2, -0.15) is 0 Å². The van der Waals surface area contributed by atoms with Crippen LogP contribution in [-0.2, 0) is 4.79 Å². The highest BCUT2D eigenvalue weighted by Crippen LogP contribution is 2.25. The van der Waals surface area contributed by atoms with Gasteiger partial charge in [-0.15, -0.1) is 0 Å². The molecule has 1 aromatic carbocycles. The zero-order valence-corrected chi connectivity index (χ0v) is 10.0. The van der Waals surface area contributed by atoms with Crippen LogP contribution in [0, 0.1) is 11.7 Å².